The standard InChI is InChI=1S/2C6H15As.8CO.2Mn/c2*1-4-7(5-2)6-3;8*1-2;;/h2*4-6H2,1-3H3;;;;;;;;;;. The first-order chi connectivity index (χ1) is 14.7. The van der Waals surface area contributed by atoms with E-state index >= 15 is 0 Å². The van der Waals surface area contributed by atoms with Crippen molar-refractivity contribution in [2.75, 3.05) is 0 Å². The SMILES string of the molecule is CC[As](CC)CC.CC[As](CC)CC.[C-]#[O+].[C-]#[O+].[C-]#[O+].[C-]#[O+].[C-]#[O+].[C-]#[O+].[C-]#[O+].[C-]#[O+].[Mn].[Mn]. The van der Waals surface area contributed by atoms with Crippen molar-refractivity contribution >= 4 is 29.3 Å². The third-order valence-corrected chi connectivity index (χ3v) is 13.9. The summed E-state index contributed by atoms with van der Waals surface area (Å²) in [6, 6.07) is 0. The smallest absolute Gasteiger partial charge is 0 e. The largest absolute Gasteiger partial charge is 0 e. The Hall–Kier alpha value is 0.0758. The van der Waals surface area contributed by atoms with E-state index in [9.17, 15) is 0 Å². The zero-order valence-electron chi connectivity index (χ0n) is 19.2. The van der Waals surface area contributed by atoms with Gasteiger partial charge in [-0.3, -0.25) is 0 Å². The quantitative estimate of drug-likeness (QED) is 0.219. The molecular weight excluding hydrogens is 628 g/mol. The average molecular weight is 658 g/mol. The van der Waals surface area contributed by atoms with E-state index in [1.807, 2.05) is 0 Å². The van der Waals surface area contributed by atoms with Gasteiger partial charge in [-0.2, -0.15) is 0 Å². The van der Waals surface area contributed by atoms with Crippen molar-refractivity contribution in [1.29, 1.82) is 0 Å². The molecule has 0 saturated heterocycles. The topological polar surface area (TPSA) is 159 Å². The van der Waals surface area contributed by atoms with Gasteiger partial charge >= 0.3 is 193 Å². The summed E-state index contributed by atoms with van der Waals surface area (Å²) < 4.78 is 60.0. The third kappa shape index (κ3) is 174. The molecule has 12 heteroatoms. The van der Waals surface area contributed by atoms with Crippen LogP contribution in [0.1, 0.15) is 41.5 Å². The molecule has 8 nitrogen and oxygen atoms in total. The van der Waals surface area contributed by atoms with E-state index in [-0.39, 0.29) is 63.4 Å². The fraction of sp³-hybridized carbons (Fsp3) is 0.600. The number of hydrogen-bond acceptors (Lipinski definition) is 0. The Balaban J connectivity index is -0.0000000149. The van der Waals surface area contributed by atoms with Crippen molar-refractivity contribution in [2.24, 2.45) is 0 Å². The molecular formula is C20H30As2Mn2O8. The van der Waals surface area contributed by atoms with Crippen LogP contribution >= 0.6 is 0 Å². The Kier molecular flexibility index (Phi) is 463. The minimum absolute atomic E-state index is 0. The van der Waals surface area contributed by atoms with Crippen molar-refractivity contribution in [3.05, 3.63) is 53.2 Å². The molecule has 0 rings (SSSR count). The molecule has 0 unspecified atom stereocenters. The van der Waals surface area contributed by atoms with E-state index in [0.29, 0.717) is 0 Å². The van der Waals surface area contributed by atoms with Crippen molar-refractivity contribution in [3.63, 3.8) is 0 Å². The molecule has 182 valence electrons. The van der Waals surface area contributed by atoms with Crippen LogP contribution in [0, 0.1) is 53.2 Å². The van der Waals surface area contributed by atoms with Gasteiger partial charge in [0.2, 0.25) is 0 Å². The minimum Gasteiger partial charge on any atom is 0 e. The molecule has 0 aromatic carbocycles. The summed E-state index contributed by atoms with van der Waals surface area (Å²) in [5.41, 5.74) is 0. The van der Waals surface area contributed by atoms with Crippen LogP contribution in [0.2, 0.25) is 31.3 Å². The van der Waals surface area contributed by atoms with Gasteiger partial charge < -0.3 is 0 Å². The number of hydrogen-bond donors (Lipinski definition) is 0. The first-order valence-corrected chi connectivity index (χ1v) is 15.7. The second kappa shape index (κ2) is 193. The fourth-order valence-electron chi connectivity index (χ4n) is 1.34. The van der Waals surface area contributed by atoms with E-state index in [0.717, 1.165) is 0 Å². The second-order valence-electron chi connectivity index (χ2n) is 3.24. The Bertz CT molecular complexity index is 277. The fourth-order valence-corrected chi connectivity index (χ4v) is 6.97. The van der Waals surface area contributed by atoms with Gasteiger partial charge in [-0.1, -0.05) is 0 Å². The molecule has 0 aromatic heterocycles. The molecule has 0 saturated carbocycles. The number of rotatable bonds is 6. The maximum Gasteiger partial charge on any atom is 0 e. The summed E-state index contributed by atoms with van der Waals surface area (Å²) in [7, 11) is 0. The summed E-state index contributed by atoms with van der Waals surface area (Å²) in [6.07, 6.45) is 0. The van der Waals surface area contributed by atoms with Gasteiger partial charge in [-0.25, -0.2) is 0 Å². The molecule has 0 aliphatic carbocycles. The van der Waals surface area contributed by atoms with Crippen LogP contribution in [0.15, 0.2) is 0 Å². The Labute approximate surface area is 225 Å². The minimum atomic E-state index is -0.229. The summed E-state index contributed by atoms with van der Waals surface area (Å²) in [5, 5.41) is 9.00. The third-order valence-electron chi connectivity index (χ3n) is 2.68. The van der Waals surface area contributed by atoms with E-state index < -0.39 is 0 Å². The molecule has 0 bridgehead atoms. The molecule has 0 fully saturated rings. The molecule has 0 amide bonds. The Morgan fingerprint density at radius 2 is 0.375 bits per heavy atom. The summed E-state index contributed by atoms with van der Waals surface area (Å²) in [6.45, 7) is 50.0. The predicted octanol–water partition coefficient (Wildman–Crippen LogP) is 4.78. The van der Waals surface area contributed by atoms with Crippen LogP contribution in [-0.2, 0) is 71.4 Å². The van der Waals surface area contributed by atoms with Crippen LogP contribution in [0.25, 0.3) is 0 Å². The van der Waals surface area contributed by atoms with Gasteiger partial charge in [0.1, 0.15) is 0 Å². The van der Waals surface area contributed by atoms with E-state index in [1.54, 1.807) is 0 Å². The Morgan fingerprint density at radius 3 is 0.375 bits per heavy atom. The Morgan fingerprint density at radius 1 is 0.312 bits per heavy atom. The van der Waals surface area contributed by atoms with Crippen molar-refractivity contribution in [2.45, 2.75) is 72.8 Å². The van der Waals surface area contributed by atoms with Gasteiger partial charge in [0.05, 0.1) is 0 Å². The van der Waals surface area contributed by atoms with Crippen molar-refractivity contribution in [1.82, 2.24) is 0 Å². The molecule has 0 aliphatic rings. The van der Waals surface area contributed by atoms with Gasteiger partial charge in [0, 0.05) is 34.1 Å². The molecule has 0 aliphatic heterocycles. The summed E-state index contributed by atoms with van der Waals surface area (Å²) in [5.74, 6) is 0. The molecule has 0 spiro atoms. The van der Waals surface area contributed by atoms with Gasteiger partial charge in [0.15, 0.2) is 0 Å². The first-order valence-electron chi connectivity index (χ1n) is 7.77. The second-order valence-corrected chi connectivity index (χ2v) is 16.8. The summed E-state index contributed by atoms with van der Waals surface area (Å²) in [4.78, 5) is 0. The van der Waals surface area contributed by atoms with Gasteiger partial charge in [0.25, 0.3) is 0 Å². The van der Waals surface area contributed by atoms with Gasteiger partial charge in [-0.15, -0.1) is 0 Å². The zero-order valence-corrected chi connectivity index (χ0v) is 25.3. The maximum absolute atomic E-state index is 7.50. The van der Waals surface area contributed by atoms with Crippen molar-refractivity contribution < 1.29 is 71.4 Å². The molecule has 0 aromatic rings. The van der Waals surface area contributed by atoms with E-state index in [2.05, 4.69) is 94.7 Å². The van der Waals surface area contributed by atoms with Gasteiger partial charge in [-0.05, 0) is 0 Å². The normalized spacial score (nSPS) is 5.00. The van der Waals surface area contributed by atoms with Crippen LogP contribution in [-0.4, -0.2) is 29.3 Å². The molecule has 0 N–H and O–H groups in total. The van der Waals surface area contributed by atoms with E-state index in [4.69, 9.17) is 37.2 Å². The molecule has 2 radical (unpaired) electrons. The van der Waals surface area contributed by atoms with Crippen molar-refractivity contribution in [3.8, 4) is 0 Å². The molecule has 0 atom stereocenters. The molecule has 0 heterocycles. The predicted molar refractivity (Wildman–Crippen MR) is 106 cm³/mol. The average Bonchev–Trinajstić information content (AvgIpc) is 2.91. The zero-order chi connectivity index (χ0) is 27.4. The van der Waals surface area contributed by atoms with Crippen LogP contribution < -0.4 is 0 Å². The molecule has 32 heavy (non-hydrogen) atoms. The maximum atomic E-state index is 7.50. The van der Waals surface area contributed by atoms with Crippen LogP contribution in [0.4, 0.5) is 0 Å². The monoisotopic (exact) mass is 658 g/mol. The first kappa shape index (κ1) is 76.9. The van der Waals surface area contributed by atoms with Crippen LogP contribution in [0.3, 0.4) is 0 Å². The summed E-state index contributed by atoms with van der Waals surface area (Å²) >= 11 is -0.458. The van der Waals surface area contributed by atoms with Crippen LogP contribution in [0.5, 0.6) is 0 Å². The van der Waals surface area contributed by atoms with E-state index in [1.165, 1.54) is 31.3 Å².